The Morgan fingerprint density at radius 1 is 1.29 bits per heavy atom. The normalized spacial score (nSPS) is 12.1. The van der Waals surface area contributed by atoms with Crippen molar-refractivity contribution in [2.45, 2.75) is 32.3 Å². The second-order valence-corrected chi connectivity index (χ2v) is 6.52. The van der Waals surface area contributed by atoms with E-state index in [0.717, 1.165) is 19.2 Å². The summed E-state index contributed by atoms with van der Waals surface area (Å²) in [5.74, 6) is -0.634. The fourth-order valence-corrected chi connectivity index (χ4v) is 3.36. The van der Waals surface area contributed by atoms with E-state index in [1.54, 1.807) is 0 Å². The number of hydrogen-bond donors (Lipinski definition) is 2. The molecule has 0 bridgehead atoms. The van der Waals surface area contributed by atoms with E-state index in [1.165, 1.54) is 13.0 Å². The lowest BCUT2D eigenvalue weighted by Crippen LogP contribution is -2.35. The van der Waals surface area contributed by atoms with Crippen LogP contribution in [0.1, 0.15) is 25.0 Å². The summed E-state index contributed by atoms with van der Waals surface area (Å²) in [5, 5.41) is 9.07. The second-order valence-electron chi connectivity index (χ2n) is 4.78. The predicted molar refractivity (Wildman–Crippen MR) is 80.0 cm³/mol. The topological polar surface area (TPSA) is 69.6 Å². The zero-order valence-corrected chi connectivity index (χ0v) is 13.5. The first-order chi connectivity index (χ1) is 9.85. The zero-order chi connectivity index (χ0) is 16.0. The first-order valence-corrected chi connectivity index (χ1v) is 8.45. The fourth-order valence-electron chi connectivity index (χ4n) is 2.03. The van der Waals surface area contributed by atoms with Gasteiger partial charge in [0.2, 0.25) is 10.0 Å². The van der Waals surface area contributed by atoms with E-state index in [1.807, 2.05) is 13.8 Å². The van der Waals surface area contributed by atoms with Gasteiger partial charge in [-0.05, 0) is 37.7 Å². The number of aliphatic hydroxyl groups is 1. The number of rotatable bonds is 8. The third kappa shape index (κ3) is 4.74. The van der Waals surface area contributed by atoms with Crippen LogP contribution in [0.2, 0.25) is 0 Å². The molecule has 0 aliphatic carbocycles. The summed E-state index contributed by atoms with van der Waals surface area (Å²) in [6.07, 6.45) is 0. The average Bonchev–Trinajstić information content (AvgIpc) is 2.46. The summed E-state index contributed by atoms with van der Waals surface area (Å²) >= 11 is 0. The molecule has 120 valence electrons. The molecule has 0 aliphatic heterocycles. The van der Waals surface area contributed by atoms with Crippen LogP contribution in [-0.4, -0.2) is 44.6 Å². The monoisotopic (exact) mass is 318 g/mol. The number of sulfonamides is 1. The molecule has 1 rings (SSSR count). The first-order valence-electron chi connectivity index (χ1n) is 6.97. The standard InChI is InChI=1S/C14H23FN2O3S/c1-4-17(5-2)7-6-16-21(19,20)14-9-12(10-18)8-13(15)11(14)3/h8-9,16,18H,4-7,10H2,1-3H3. The Balaban J connectivity index is 2.90. The highest BCUT2D eigenvalue weighted by molar-refractivity contribution is 7.89. The molecule has 0 radical (unpaired) electrons. The lowest BCUT2D eigenvalue weighted by molar-refractivity contribution is 0.281. The number of nitrogens with zero attached hydrogens (tertiary/aromatic N) is 1. The smallest absolute Gasteiger partial charge is 0.240 e. The molecule has 7 heteroatoms. The largest absolute Gasteiger partial charge is 0.392 e. The van der Waals surface area contributed by atoms with E-state index in [9.17, 15) is 12.8 Å². The van der Waals surface area contributed by atoms with Gasteiger partial charge in [-0.3, -0.25) is 0 Å². The highest BCUT2D eigenvalue weighted by Gasteiger charge is 2.20. The van der Waals surface area contributed by atoms with E-state index >= 15 is 0 Å². The van der Waals surface area contributed by atoms with Crippen LogP contribution < -0.4 is 4.72 Å². The van der Waals surface area contributed by atoms with Gasteiger partial charge in [-0.15, -0.1) is 0 Å². The molecule has 0 spiro atoms. The number of aliphatic hydroxyl groups excluding tert-OH is 1. The zero-order valence-electron chi connectivity index (χ0n) is 12.7. The summed E-state index contributed by atoms with van der Waals surface area (Å²) in [5.41, 5.74) is 0.296. The maximum Gasteiger partial charge on any atom is 0.240 e. The lowest BCUT2D eigenvalue weighted by Gasteiger charge is -2.18. The minimum Gasteiger partial charge on any atom is -0.392 e. The molecule has 1 aromatic carbocycles. The maximum absolute atomic E-state index is 13.7. The van der Waals surface area contributed by atoms with Crippen LogP contribution in [0.5, 0.6) is 0 Å². The van der Waals surface area contributed by atoms with Crippen LogP contribution in [0.15, 0.2) is 17.0 Å². The Morgan fingerprint density at radius 3 is 2.43 bits per heavy atom. The minimum atomic E-state index is -3.79. The summed E-state index contributed by atoms with van der Waals surface area (Å²) < 4.78 is 40.7. The number of nitrogens with one attached hydrogen (secondary N) is 1. The molecule has 5 nitrogen and oxygen atoms in total. The van der Waals surface area contributed by atoms with E-state index in [-0.39, 0.29) is 22.6 Å². The number of likely N-dealkylation sites (N-methyl/N-ethyl adjacent to an activating group) is 1. The molecule has 0 saturated carbocycles. The molecule has 21 heavy (non-hydrogen) atoms. The van der Waals surface area contributed by atoms with Crippen molar-refractivity contribution in [2.75, 3.05) is 26.2 Å². The second kappa shape index (κ2) is 7.84. The van der Waals surface area contributed by atoms with Crippen molar-refractivity contribution in [3.8, 4) is 0 Å². The molecule has 0 aliphatic rings. The molecule has 0 fully saturated rings. The first kappa shape index (κ1) is 18.0. The van der Waals surface area contributed by atoms with Gasteiger partial charge >= 0.3 is 0 Å². The van der Waals surface area contributed by atoms with Gasteiger partial charge in [-0.2, -0.15) is 0 Å². The molecule has 2 N–H and O–H groups in total. The summed E-state index contributed by atoms with van der Waals surface area (Å²) in [7, 11) is -3.79. The molecular formula is C14H23FN2O3S. The van der Waals surface area contributed by atoms with Crippen LogP contribution in [0, 0.1) is 12.7 Å². The van der Waals surface area contributed by atoms with Gasteiger partial charge in [0.05, 0.1) is 11.5 Å². The van der Waals surface area contributed by atoms with Crippen molar-refractivity contribution in [1.82, 2.24) is 9.62 Å². The maximum atomic E-state index is 13.7. The van der Waals surface area contributed by atoms with E-state index < -0.39 is 22.4 Å². The Kier molecular flexibility index (Phi) is 6.73. The molecule has 0 saturated heterocycles. The average molecular weight is 318 g/mol. The quantitative estimate of drug-likeness (QED) is 0.757. The number of halogens is 1. The Labute approximate surface area is 125 Å². The SMILES string of the molecule is CCN(CC)CCNS(=O)(=O)c1cc(CO)cc(F)c1C. The lowest BCUT2D eigenvalue weighted by atomic mass is 10.1. The minimum absolute atomic E-state index is 0.0579. The fraction of sp³-hybridized carbons (Fsp3) is 0.571. The van der Waals surface area contributed by atoms with Crippen molar-refractivity contribution in [2.24, 2.45) is 0 Å². The molecule has 0 amide bonds. The van der Waals surface area contributed by atoms with Crippen LogP contribution in [0.25, 0.3) is 0 Å². The third-order valence-corrected chi connectivity index (χ3v) is 5.03. The van der Waals surface area contributed by atoms with Crippen LogP contribution in [-0.2, 0) is 16.6 Å². The van der Waals surface area contributed by atoms with Gasteiger partial charge in [-0.25, -0.2) is 17.5 Å². The van der Waals surface area contributed by atoms with Crippen molar-refractivity contribution < 1.29 is 17.9 Å². The van der Waals surface area contributed by atoms with Crippen molar-refractivity contribution in [3.63, 3.8) is 0 Å². The van der Waals surface area contributed by atoms with E-state index in [2.05, 4.69) is 9.62 Å². The highest BCUT2D eigenvalue weighted by Crippen LogP contribution is 2.20. The predicted octanol–water partition coefficient (Wildman–Crippen LogP) is 1.25. The van der Waals surface area contributed by atoms with Gasteiger partial charge in [0.1, 0.15) is 5.82 Å². The van der Waals surface area contributed by atoms with Gasteiger partial charge in [-0.1, -0.05) is 13.8 Å². The Morgan fingerprint density at radius 2 is 1.90 bits per heavy atom. The van der Waals surface area contributed by atoms with Gasteiger partial charge in [0.15, 0.2) is 0 Å². The number of hydrogen-bond acceptors (Lipinski definition) is 4. The molecule has 0 atom stereocenters. The molecule has 0 aromatic heterocycles. The van der Waals surface area contributed by atoms with Crippen LogP contribution in [0.4, 0.5) is 4.39 Å². The van der Waals surface area contributed by atoms with Gasteiger partial charge in [0, 0.05) is 18.7 Å². The van der Waals surface area contributed by atoms with Crippen molar-refractivity contribution in [1.29, 1.82) is 0 Å². The Hall–Kier alpha value is -1.02. The van der Waals surface area contributed by atoms with Crippen molar-refractivity contribution >= 4 is 10.0 Å². The van der Waals surface area contributed by atoms with Crippen LogP contribution in [0.3, 0.4) is 0 Å². The van der Waals surface area contributed by atoms with Gasteiger partial charge < -0.3 is 10.0 Å². The van der Waals surface area contributed by atoms with Crippen LogP contribution >= 0.6 is 0 Å². The molecule has 1 aromatic rings. The van der Waals surface area contributed by atoms with E-state index in [4.69, 9.17) is 5.11 Å². The van der Waals surface area contributed by atoms with Crippen molar-refractivity contribution in [3.05, 3.63) is 29.1 Å². The molecule has 0 heterocycles. The third-order valence-electron chi connectivity index (χ3n) is 3.44. The Bertz CT molecular complexity index is 572. The van der Waals surface area contributed by atoms with Gasteiger partial charge in [0.25, 0.3) is 0 Å². The summed E-state index contributed by atoms with van der Waals surface area (Å²) in [6.45, 7) is 7.54. The summed E-state index contributed by atoms with van der Waals surface area (Å²) in [6, 6.07) is 2.45. The molecule has 0 unspecified atom stereocenters. The number of benzene rings is 1. The highest BCUT2D eigenvalue weighted by atomic mass is 32.2. The van der Waals surface area contributed by atoms with E-state index in [0.29, 0.717) is 6.54 Å². The molecular weight excluding hydrogens is 295 g/mol. The summed E-state index contributed by atoms with van der Waals surface area (Å²) in [4.78, 5) is 1.96.